The molecule has 0 aromatic carbocycles. The normalized spacial score (nSPS) is 11.3. The molecule has 1 heterocycles. The van der Waals surface area contributed by atoms with Gasteiger partial charge in [-0.1, -0.05) is 13.3 Å². The monoisotopic (exact) mass is 314 g/mol. The highest BCUT2D eigenvalue weighted by molar-refractivity contribution is 5.30. The van der Waals surface area contributed by atoms with Gasteiger partial charge < -0.3 is 25.0 Å². The summed E-state index contributed by atoms with van der Waals surface area (Å²) >= 11 is 0. The number of nitrogens with zero attached hydrogens (tertiary/aromatic N) is 2. The summed E-state index contributed by atoms with van der Waals surface area (Å²) in [6, 6.07) is 1.25. The minimum Gasteiger partial charge on any atom is -0.503 e. The van der Waals surface area contributed by atoms with E-state index in [1.165, 1.54) is 6.07 Å². The summed E-state index contributed by atoms with van der Waals surface area (Å²) < 4.78 is 1.75. The van der Waals surface area contributed by atoms with Crippen LogP contribution in [0.3, 0.4) is 0 Å². The second kappa shape index (κ2) is 9.58. The first-order valence-corrected chi connectivity index (χ1v) is 7.58. The molecule has 22 heavy (non-hydrogen) atoms. The third-order valence-electron chi connectivity index (χ3n) is 3.58. The van der Waals surface area contributed by atoms with Crippen LogP contribution < -0.4 is 5.43 Å². The van der Waals surface area contributed by atoms with Gasteiger partial charge in [-0.2, -0.15) is 0 Å². The first kappa shape index (κ1) is 18.6. The van der Waals surface area contributed by atoms with Crippen molar-refractivity contribution >= 4 is 0 Å². The van der Waals surface area contributed by atoms with Gasteiger partial charge in [-0.05, 0) is 6.42 Å². The zero-order chi connectivity index (χ0) is 16.5. The number of unbranched alkanes of at least 4 members (excludes halogenated alkanes) is 1. The topological polar surface area (TPSA) is 106 Å². The third-order valence-corrected chi connectivity index (χ3v) is 3.58. The Hall–Kier alpha value is -1.41. The Morgan fingerprint density at radius 1 is 1.18 bits per heavy atom. The summed E-state index contributed by atoms with van der Waals surface area (Å²) in [5.74, 6) is -0.339. The summed E-state index contributed by atoms with van der Waals surface area (Å²) in [5.41, 5.74) is 0.339. The number of hydrogen-bond donors (Lipinski definition) is 4. The molecule has 7 heteroatoms. The van der Waals surface area contributed by atoms with Crippen LogP contribution in [0.2, 0.25) is 0 Å². The van der Waals surface area contributed by atoms with E-state index in [0.717, 1.165) is 12.8 Å². The SMILES string of the molecule is CCCCn1c(CO)cc(=O)c(O)c1CN(CCO)CCO. The van der Waals surface area contributed by atoms with Crippen molar-refractivity contribution in [3.8, 4) is 5.75 Å². The molecule has 126 valence electrons. The van der Waals surface area contributed by atoms with Crippen LogP contribution in [0.4, 0.5) is 0 Å². The molecule has 0 radical (unpaired) electrons. The molecule has 1 aromatic heterocycles. The molecule has 1 aromatic rings. The molecule has 0 bridgehead atoms. The number of aromatic nitrogens is 1. The number of rotatable bonds is 10. The van der Waals surface area contributed by atoms with Crippen LogP contribution in [-0.2, 0) is 19.7 Å². The van der Waals surface area contributed by atoms with Crippen molar-refractivity contribution < 1.29 is 20.4 Å². The molecule has 0 saturated carbocycles. The van der Waals surface area contributed by atoms with Gasteiger partial charge in [-0.3, -0.25) is 9.69 Å². The summed E-state index contributed by atoms with van der Waals surface area (Å²) in [6.45, 7) is 3.04. The lowest BCUT2D eigenvalue weighted by molar-refractivity contribution is 0.151. The minimum atomic E-state index is -0.528. The average molecular weight is 314 g/mol. The van der Waals surface area contributed by atoms with Crippen LogP contribution in [0.25, 0.3) is 0 Å². The van der Waals surface area contributed by atoms with E-state index < -0.39 is 5.43 Å². The first-order valence-electron chi connectivity index (χ1n) is 7.58. The molecule has 0 aliphatic carbocycles. The zero-order valence-electron chi connectivity index (χ0n) is 13.0. The largest absolute Gasteiger partial charge is 0.503 e. The van der Waals surface area contributed by atoms with E-state index in [9.17, 15) is 15.0 Å². The molecule has 0 aliphatic rings. The maximum Gasteiger partial charge on any atom is 0.223 e. The average Bonchev–Trinajstić information content (AvgIpc) is 2.51. The Labute approximate surface area is 130 Å². The van der Waals surface area contributed by atoms with Gasteiger partial charge in [-0.15, -0.1) is 0 Å². The quantitative estimate of drug-likeness (QED) is 0.470. The molecule has 0 atom stereocenters. The Morgan fingerprint density at radius 2 is 1.82 bits per heavy atom. The lowest BCUT2D eigenvalue weighted by Crippen LogP contribution is -2.32. The van der Waals surface area contributed by atoms with Crippen molar-refractivity contribution in [3.63, 3.8) is 0 Å². The lowest BCUT2D eigenvalue weighted by atomic mass is 10.2. The smallest absolute Gasteiger partial charge is 0.223 e. The van der Waals surface area contributed by atoms with Gasteiger partial charge in [0, 0.05) is 37.9 Å². The zero-order valence-corrected chi connectivity index (χ0v) is 13.0. The second-order valence-corrected chi connectivity index (χ2v) is 5.18. The first-order chi connectivity index (χ1) is 10.6. The summed E-state index contributed by atoms with van der Waals surface area (Å²) in [6.07, 6.45) is 1.79. The molecule has 0 amide bonds. The van der Waals surface area contributed by atoms with Crippen LogP contribution in [-0.4, -0.2) is 56.2 Å². The number of aliphatic hydroxyl groups excluding tert-OH is 3. The standard InChI is InChI=1S/C15H26N2O5/c1-2-3-4-17-12(11-20)9-14(21)15(22)13(17)10-16(5-7-18)6-8-19/h9,18-20,22H,2-8,10-11H2,1H3. The predicted molar refractivity (Wildman–Crippen MR) is 82.6 cm³/mol. The molecule has 7 nitrogen and oxygen atoms in total. The highest BCUT2D eigenvalue weighted by Crippen LogP contribution is 2.18. The van der Waals surface area contributed by atoms with Gasteiger partial charge in [-0.25, -0.2) is 0 Å². The minimum absolute atomic E-state index is 0.0837. The van der Waals surface area contributed by atoms with Crippen molar-refractivity contribution in [2.75, 3.05) is 26.3 Å². The van der Waals surface area contributed by atoms with E-state index in [1.54, 1.807) is 9.47 Å². The number of hydrogen-bond acceptors (Lipinski definition) is 6. The Bertz CT molecular complexity index is 509. The lowest BCUT2D eigenvalue weighted by Gasteiger charge is -2.25. The van der Waals surface area contributed by atoms with Crippen molar-refractivity contribution in [1.82, 2.24) is 9.47 Å². The van der Waals surface area contributed by atoms with Gasteiger partial charge in [0.1, 0.15) is 0 Å². The van der Waals surface area contributed by atoms with Crippen LogP contribution in [0.5, 0.6) is 5.75 Å². The summed E-state index contributed by atoms with van der Waals surface area (Å²) in [7, 11) is 0. The van der Waals surface area contributed by atoms with Crippen LogP contribution in [0.1, 0.15) is 31.2 Å². The van der Waals surface area contributed by atoms with Crippen LogP contribution in [0, 0.1) is 0 Å². The van der Waals surface area contributed by atoms with Crippen LogP contribution >= 0.6 is 0 Å². The van der Waals surface area contributed by atoms with Gasteiger partial charge >= 0.3 is 0 Å². The van der Waals surface area contributed by atoms with Gasteiger partial charge in [0.25, 0.3) is 0 Å². The fraction of sp³-hybridized carbons (Fsp3) is 0.667. The Balaban J connectivity index is 3.22. The molecule has 0 aliphatic heterocycles. The fourth-order valence-corrected chi connectivity index (χ4v) is 2.39. The number of aliphatic hydroxyl groups is 3. The molecule has 0 unspecified atom stereocenters. The molecule has 0 spiro atoms. The maximum atomic E-state index is 11.9. The van der Waals surface area contributed by atoms with E-state index in [-0.39, 0.29) is 32.1 Å². The van der Waals surface area contributed by atoms with Gasteiger partial charge in [0.15, 0.2) is 5.75 Å². The van der Waals surface area contributed by atoms with Gasteiger partial charge in [0.05, 0.1) is 25.5 Å². The van der Waals surface area contributed by atoms with Crippen LogP contribution in [0.15, 0.2) is 10.9 Å². The fourth-order valence-electron chi connectivity index (χ4n) is 2.39. The molecular weight excluding hydrogens is 288 g/mol. The third kappa shape index (κ3) is 4.81. The summed E-state index contributed by atoms with van der Waals surface area (Å²) in [4.78, 5) is 13.6. The highest BCUT2D eigenvalue weighted by Gasteiger charge is 2.17. The van der Waals surface area contributed by atoms with E-state index in [4.69, 9.17) is 10.2 Å². The maximum absolute atomic E-state index is 11.9. The molecule has 0 fully saturated rings. The summed E-state index contributed by atoms with van der Waals surface area (Å²) in [5, 5.41) is 37.7. The van der Waals surface area contributed by atoms with E-state index in [2.05, 4.69) is 0 Å². The van der Waals surface area contributed by atoms with Crippen molar-refractivity contribution in [1.29, 1.82) is 0 Å². The number of aromatic hydroxyl groups is 1. The van der Waals surface area contributed by atoms with Crippen molar-refractivity contribution in [3.05, 3.63) is 27.7 Å². The molecule has 1 rings (SSSR count). The Kier molecular flexibility index (Phi) is 8.11. The van der Waals surface area contributed by atoms with E-state index >= 15 is 0 Å². The second-order valence-electron chi connectivity index (χ2n) is 5.18. The van der Waals surface area contributed by atoms with Crippen molar-refractivity contribution in [2.45, 2.75) is 39.5 Å². The highest BCUT2D eigenvalue weighted by atomic mass is 16.3. The predicted octanol–water partition coefficient (Wildman–Crippen LogP) is -0.367. The molecular formula is C15H26N2O5. The molecule has 0 saturated heterocycles. The van der Waals surface area contributed by atoms with Gasteiger partial charge in [0.2, 0.25) is 5.43 Å². The molecule has 4 N–H and O–H groups in total. The van der Waals surface area contributed by atoms with E-state index in [0.29, 0.717) is 31.0 Å². The Morgan fingerprint density at radius 3 is 2.32 bits per heavy atom. The van der Waals surface area contributed by atoms with Crippen molar-refractivity contribution in [2.24, 2.45) is 0 Å². The van der Waals surface area contributed by atoms with E-state index in [1.807, 2.05) is 6.92 Å². The number of pyridine rings is 1.